The number of rotatable bonds is 5. The van der Waals surface area contributed by atoms with Gasteiger partial charge in [0.1, 0.15) is 23.9 Å². The van der Waals surface area contributed by atoms with Gasteiger partial charge in [-0.1, -0.05) is 12.1 Å². The fourth-order valence-corrected chi connectivity index (χ4v) is 3.04. The molecule has 3 aromatic rings. The van der Waals surface area contributed by atoms with E-state index in [9.17, 15) is 0 Å². The molecule has 4 rings (SSSR count). The normalized spacial score (nSPS) is 15.6. The van der Waals surface area contributed by atoms with Gasteiger partial charge in [-0.15, -0.1) is 0 Å². The van der Waals surface area contributed by atoms with Crippen LogP contribution in [-0.2, 0) is 0 Å². The van der Waals surface area contributed by atoms with E-state index < -0.39 is 0 Å². The average Bonchev–Trinajstić information content (AvgIpc) is 3.17. The Bertz CT molecular complexity index is 914. The average molecular weight is 348 g/mol. The minimum Gasteiger partial charge on any atom is -0.497 e. The quantitative estimate of drug-likeness (QED) is 0.761. The molecule has 2 aromatic carbocycles. The second-order valence-electron chi connectivity index (χ2n) is 5.91. The molecule has 1 atom stereocenters. The molecule has 0 aliphatic carbocycles. The van der Waals surface area contributed by atoms with Crippen LogP contribution < -0.4 is 14.8 Å². The van der Waals surface area contributed by atoms with Crippen molar-refractivity contribution in [1.82, 2.24) is 14.8 Å². The fraction of sp³-hybridized carbons (Fsp3) is 0.200. The highest BCUT2D eigenvalue weighted by Crippen LogP contribution is 2.33. The number of anilines is 1. The molecule has 0 saturated heterocycles. The van der Waals surface area contributed by atoms with Gasteiger partial charge in [0.15, 0.2) is 0 Å². The Labute approximate surface area is 152 Å². The summed E-state index contributed by atoms with van der Waals surface area (Å²) in [5.41, 5.74) is 3.18. The number of nitrogens with one attached hydrogen (secondary N) is 1. The second kappa shape index (κ2) is 6.92. The minimum absolute atomic E-state index is 0.0403. The fourth-order valence-electron chi connectivity index (χ4n) is 3.04. The molecule has 0 amide bonds. The van der Waals surface area contributed by atoms with Crippen LogP contribution in [0.15, 0.2) is 60.9 Å². The summed E-state index contributed by atoms with van der Waals surface area (Å²) in [5.74, 6) is 2.41. The molecule has 26 heavy (non-hydrogen) atoms. The van der Waals surface area contributed by atoms with Crippen molar-refractivity contribution in [2.45, 2.75) is 13.0 Å². The van der Waals surface area contributed by atoms with Crippen LogP contribution in [-0.4, -0.2) is 28.5 Å². The number of nitrogens with zero attached hydrogens (tertiary/aromatic N) is 3. The molecule has 0 radical (unpaired) electrons. The van der Waals surface area contributed by atoms with Gasteiger partial charge in [-0.05, 0) is 60.5 Å². The zero-order valence-electron chi connectivity index (χ0n) is 14.7. The third-order valence-electron chi connectivity index (χ3n) is 4.34. The van der Waals surface area contributed by atoms with Crippen LogP contribution in [0, 0.1) is 0 Å². The van der Waals surface area contributed by atoms with E-state index in [0.29, 0.717) is 6.61 Å². The molecule has 6 nitrogen and oxygen atoms in total. The lowest BCUT2D eigenvalue weighted by atomic mass is 10.0. The van der Waals surface area contributed by atoms with Crippen molar-refractivity contribution in [3.8, 4) is 11.5 Å². The highest BCUT2D eigenvalue weighted by atomic mass is 16.5. The number of benzene rings is 2. The molecule has 0 fully saturated rings. The number of hydrogen-bond donors (Lipinski definition) is 1. The Morgan fingerprint density at radius 1 is 1.04 bits per heavy atom. The van der Waals surface area contributed by atoms with Crippen LogP contribution in [0.3, 0.4) is 0 Å². The molecule has 132 valence electrons. The van der Waals surface area contributed by atoms with Crippen LogP contribution in [0.25, 0.3) is 5.70 Å². The van der Waals surface area contributed by atoms with Crippen molar-refractivity contribution < 1.29 is 9.47 Å². The van der Waals surface area contributed by atoms with E-state index in [1.807, 2.05) is 48.0 Å². The molecule has 1 aliphatic heterocycles. The molecule has 1 N–H and O–H groups in total. The van der Waals surface area contributed by atoms with Crippen LogP contribution >= 0.6 is 0 Å². The first-order valence-corrected chi connectivity index (χ1v) is 8.54. The first-order chi connectivity index (χ1) is 12.8. The summed E-state index contributed by atoms with van der Waals surface area (Å²) in [6.45, 7) is 2.63. The Morgan fingerprint density at radius 2 is 1.77 bits per heavy atom. The Hall–Kier alpha value is -3.28. The molecule has 2 heterocycles. The van der Waals surface area contributed by atoms with Crippen LogP contribution in [0.5, 0.6) is 11.5 Å². The molecule has 0 spiro atoms. The van der Waals surface area contributed by atoms with E-state index in [-0.39, 0.29) is 6.04 Å². The minimum atomic E-state index is -0.0403. The molecule has 6 heteroatoms. The molecular weight excluding hydrogens is 328 g/mol. The van der Waals surface area contributed by atoms with Crippen molar-refractivity contribution in [2.24, 2.45) is 0 Å². The van der Waals surface area contributed by atoms with Gasteiger partial charge in [-0.2, -0.15) is 10.1 Å². The number of methoxy groups -OCH3 is 1. The van der Waals surface area contributed by atoms with E-state index in [0.717, 1.165) is 34.3 Å². The zero-order chi connectivity index (χ0) is 17.9. The van der Waals surface area contributed by atoms with Gasteiger partial charge in [-0.3, -0.25) is 0 Å². The number of ether oxygens (including phenoxy) is 2. The lowest BCUT2D eigenvalue weighted by molar-refractivity contribution is 0.340. The lowest BCUT2D eigenvalue weighted by Gasteiger charge is -2.24. The number of allylic oxidation sites excluding steroid dienone is 1. The summed E-state index contributed by atoms with van der Waals surface area (Å²) in [6.07, 6.45) is 3.72. The molecular formula is C20H20N4O2. The molecule has 1 aliphatic rings. The van der Waals surface area contributed by atoms with Crippen molar-refractivity contribution in [1.29, 1.82) is 0 Å². The monoisotopic (exact) mass is 348 g/mol. The number of aromatic nitrogens is 3. The van der Waals surface area contributed by atoms with Gasteiger partial charge in [0, 0.05) is 5.70 Å². The van der Waals surface area contributed by atoms with Crippen molar-refractivity contribution in [3.05, 3.63) is 72.1 Å². The molecule has 1 unspecified atom stereocenters. The maximum absolute atomic E-state index is 5.54. The first-order valence-electron chi connectivity index (χ1n) is 8.54. The standard InChI is InChI=1S/C20H20N4O2/c1-3-26-17-10-6-15(7-11-17)19-12-18(23-20-21-13-22-24(19)20)14-4-8-16(25-2)9-5-14/h4-13,19H,3H2,1-2H3,(H,21,22,23). The predicted octanol–water partition coefficient (Wildman–Crippen LogP) is 3.74. The second-order valence-corrected chi connectivity index (χ2v) is 5.91. The maximum Gasteiger partial charge on any atom is 0.226 e. The van der Waals surface area contributed by atoms with E-state index >= 15 is 0 Å². The van der Waals surface area contributed by atoms with E-state index in [4.69, 9.17) is 9.47 Å². The highest BCUT2D eigenvalue weighted by molar-refractivity contribution is 5.77. The van der Waals surface area contributed by atoms with E-state index in [2.05, 4.69) is 33.6 Å². The summed E-state index contributed by atoms with van der Waals surface area (Å²) in [4.78, 5) is 4.34. The Morgan fingerprint density at radius 3 is 2.46 bits per heavy atom. The first kappa shape index (κ1) is 16.2. The lowest BCUT2D eigenvalue weighted by Crippen LogP contribution is -2.20. The highest BCUT2D eigenvalue weighted by Gasteiger charge is 2.23. The predicted molar refractivity (Wildman–Crippen MR) is 100 cm³/mol. The van der Waals surface area contributed by atoms with Crippen LogP contribution in [0.2, 0.25) is 0 Å². The van der Waals surface area contributed by atoms with Gasteiger partial charge < -0.3 is 14.8 Å². The Kier molecular flexibility index (Phi) is 4.31. The molecule has 1 aromatic heterocycles. The van der Waals surface area contributed by atoms with Crippen molar-refractivity contribution in [3.63, 3.8) is 0 Å². The smallest absolute Gasteiger partial charge is 0.226 e. The van der Waals surface area contributed by atoms with E-state index in [1.165, 1.54) is 0 Å². The summed E-state index contributed by atoms with van der Waals surface area (Å²) in [7, 11) is 1.66. The summed E-state index contributed by atoms with van der Waals surface area (Å²) >= 11 is 0. The van der Waals surface area contributed by atoms with Gasteiger partial charge in [0.2, 0.25) is 5.95 Å². The van der Waals surface area contributed by atoms with Crippen LogP contribution in [0.4, 0.5) is 5.95 Å². The number of hydrogen-bond acceptors (Lipinski definition) is 5. The third-order valence-corrected chi connectivity index (χ3v) is 4.34. The van der Waals surface area contributed by atoms with Crippen molar-refractivity contribution >= 4 is 11.6 Å². The maximum atomic E-state index is 5.54. The van der Waals surface area contributed by atoms with Crippen LogP contribution in [0.1, 0.15) is 24.1 Å². The van der Waals surface area contributed by atoms with Crippen molar-refractivity contribution in [2.75, 3.05) is 19.0 Å². The van der Waals surface area contributed by atoms with Gasteiger partial charge in [0.05, 0.1) is 13.7 Å². The SMILES string of the molecule is CCOc1ccc(C2C=C(c3ccc(OC)cc3)Nc3ncnn32)cc1. The number of fused-ring (bicyclic) bond motifs is 1. The Balaban J connectivity index is 1.70. The molecule has 0 saturated carbocycles. The third kappa shape index (κ3) is 3.01. The van der Waals surface area contributed by atoms with Gasteiger partial charge >= 0.3 is 0 Å². The topological polar surface area (TPSA) is 61.2 Å². The van der Waals surface area contributed by atoms with Gasteiger partial charge in [0.25, 0.3) is 0 Å². The van der Waals surface area contributed by atoms with E-state index in [1.54, 1.807) is 13.4 Å². The summed E-state index contributed by atoms with van der Waals surface area (Å²) in [5, 5.41) is 7.72. The molecule has 0 bridgehead atoms. The zero-order valence-corrected chi connectivity index (χ0v) is 14.7. The largest absolute Gasteiger partial charge is 0.497 e. The van der Waals surface area contributed by atoms with Gasteiger partial charge in [-0.25, -0.2) is 4.68 Å². The summed E-state index contributed by atoms with van der Waals surface area (Å²) in [6, 6.07) is 16.0. The summed E-state index contributed by atoms with van der Waals surface area (Å²) < 4.78 is 12.7.